The predicted molar refractivity (Wildman–Crippen MR) is 101 cm³/mol. The Morgan fingerprint density at radius 2 is 1.69 bits per heavy atom. The third-order valence-corrected chi connectivity index (χ3v) is 5.48. The molecule has 2 N–H and O–H groups in total. The Hall–Kier alpha value is -3.16. The van der Waals surface area contributed by atoms with Gasteiger partial charge in [-0.2, -0.15) is 0 Å². The number of carbonyl (C=O) groups excluding carboxylic acids is 4. The summed E-state index contributed by atoms with van der Waals surface area (Å²) in [6.45, 7) is 0.447. The van der Waals surface area contributed by atoms with Crippen molar-refractivity contribution in [3.8, 4) is 0 Å². The summed E-state index contributed by atoms with van der Waals surface area (Å²) in [6.07, 6.45) is -2.36. The van der Waals surface area contributed by atoms with Crippen molar-refractivity contribution < 1.29 is 34.1 Å². The van der Waals surface area contributed by atoms with Gasteiger partial charge in [0.15, 0.2) is 18.2 Å². The van der Waals surface area contributed by atoms with E-state index in [2.05, 4.69) is 4.74 Å². The zero-order chi connectivity index (χ0) is 20.9. The van der Waals surface area contributed by atoms with Crippen molar-refractivity contribution >= 4 is 34.1 Å². The van der Waals surface area contributed by atoms with Crippen LogP contribution in [0, 0.1) is 0 Å². The molecule has 7 heteroatoms. The van der Waals surface area contributed by atoms with E-state index in [1.165, 1.54) is 0 Å². The molecule has 0 heterocycles. The molecule has 2 aliphatic rings. The van der Waals surface area contributed by atoms with E-state index in [0.717, 1.165) is 17.7 Å². The lowest BCUT2D eigenvalue weighted by Crippen LogP contribution is -2.50. The number of aliphatic hydroxyl groups excluding tert-OH is 1. The molecular weight excluding hydrogens is 376 g/mol. The summed E-state index contributed by atoms with van der Waals surface area (Å²) >= 11 is 0. The highest BCUT2D eigenvalue weighted by Gasteiger charge is 2.49. The van der Waals surface area contributed by atoms with E-state index < -0.39 is 54.5 Å². The van der Waals surface area contributed by atoms with Gasteiger partial charge in [0, 0.05) is 42.0 Å². The predicted octanol–water partition coefficient (Wildman–Crippen LogP) is 1.53. The summed E-state index contributed by atoms with van der Waals surface area (Å²) in [4.78, 5) is 49.5. The summed E-state index contributed by atoms with van der Waals surface area (Å²) in [7, 11) is 0. The number of esters is 1. The second kappa shape index (κ2) is 6.72. The van der Waals surface area contributed by atoms with Crippen molar-refractivity contribution in [3.63, 3.8) is 0 Å². The first-order chi connectivity index (χ1) is 13.7. The SMILES string of the molecule is CC(=O)OCC(=O)[C@]1(O)CC2=C(C(=O)c3cc4ccccc4cc3C2=O)[C@@H](O)C1. The normalized spacial score (nSPS) is 23.6. The van der Waals surface area contributed by atoms with E-state index in [1.54, 1.807) is 12.1 Å². The van der Waals surface area contributed by atoms with Crippen LogP contribution < -0.4 is 0 Å². The first-order valence-corrected chi connectivity index (χ1v) is 9.13. The molecular formula is C22H18O7. The van der Waals surface area contributed by atoms with Crippen molar-refractivity contribution in [2.75, 3.05) is 6.61 Å². The highest BCUT2D eigenvalue weighted by Crippen LogP contribution is 2.41. The fraction of sp³-hybridized carbons (Fsp3) is 0.273. The molecule has 0 spiro atoms. The number of ketones is 3. The molecule has 0 saturated carbocycles. The van der Waals surface area contributed by atoms with Crippen molar-refractivity contribution in [2.24, 2.45) is 0 Å². The van der Waals surface area contributed by atoms with Crippen molar-refractivity contribution in [1.29, 1.82) is 0 Å². The van der Waals surface area contributed by atoms with Gasteiger partial charge in [-0.15, -0.1) is 0 Å². The molecule has 7 nitrogen and oxygen atoms in total. The van der Waals surface area contributed by atoms with Crippen LogP contribution in [-0.4, -0.2) is 51.8 Å². The second-order valence-corrected chi connectivity index (χ2v) is 7.43. The van der Waals surface area contributed by atoms with Crippen LogP contribution in [-0.2, 0) is 14.3 Å². The average molecular weight is 394 g/mol. The Kier molecular flexibility index (Phi) is 4.44. The molecule has 29 heavy (non-hydrogen) atoms. The summed E-state index contributed by atoms with van der Waals surface area (Å²) < 4.78 is 4.65. The van der Waals surface area contributed by atoms with Gasteiger partial charge in [0.1, 0.15) is 5.60 Å². The maximum atomic E-state index is 13.1. The van der Waals surface area contributed by atoms with Gasteiger partial charge in [-0.25, -0.2) is 0 Å². The quantitative estimate of drug-likeness (QED) is 0.758. The molecule has 2 atom stereocenters. The first-order valence-electron chi connectivity index (χ1n) is 9.13. The molecule has 4 rings (SSSR count). The van der Waals surface area contributed by atoms with E-state index in [4.69, 9.17) is 0 Å². The molecule has 0 saturated heterocycles. The Labute approximate surface area is 165 Å². The third kappa shape index (κ3) is 3.08. The minimum absolute atomic E-state index is 0.0739. The first kappa shape index (κ1) is 19.2. The topological polar surface area (TPSA) is 118 Å². The number of rotatable bonds is 3. The number of fused-ring (bicyclic) bond motifs is 2. The number of ether oxygens (including phenoxy) is 1. The number of hydrogen-bond acceptors (Lipinski definition) is 7. The fourth-order valence-corrected chi connectivity index (χ4v) is 4.01. The van der Waals surface area contributed by atoms with E-state index in [1.807, 2.05) is 24.3 Å². The lowest BCUT2D eigenvalue weighted by Gasteiger charge is -2.37. The van der Waals surface area contributed by atoms with Crippen molar-refractivity contribution in [1.82, 2.24) is 0 Å². The summed E-state index contributed by atoms with van der Waals surface area (Å²) in [5.41, 5.74) is -1.88. The number of carbonyl (C=O) groups is 4. The molecule has 0 bridgehead atoms. The van der Waals surface area contributed by atoms with Gasteiger partial charge < -0.3 is 14.9 Å². The van der Waals surface area contributed by atoms with E-state index in [9.17, 15) is 29.4 Å². The molecule has 2 aromatic carbocycles. The Balaban J connectivity index is 1.76. The molecule has 0 radical (unpaired) electrons. The molecule has 2 aromatic rings. The van der Waals surface area contributed by atoms with Gasteiger partial charge >= 0.3 is 5.97 Å². The maximum Gasteiger partial charge on any atom is 0.303 e. The molecule has 0 unspecified atom stereocenters. The zero-order valence-corrected chi connectivity index (χ0v) is 15.6. The number of Topliss-reactive ketones (excluding diaryl/α,β-unsaturated/α-hetero) is 3. The molecule has 0 fully saturated rings. The highest BCUT2D eigenvalue weighted by atomic mass is 16.5. The van der Waals surface area contributed by atoms with Crippen molar-refractivity contribution in [3.05, 3.63) is 58.7 Å². The number of aliphatic hydroxyl groups is 2. The highest BCUT2D eigenvalue weighted by molar-refractivity contribution is 6.29. The van der Waals surface area contributed by atoms with Crippen LogP contribution in [0.3, 0.4) is 0 Å². The monoisotopic (exact) mass is 394 g/mol. The van der Waals surface area contributed by atoms with Crippen LogP contribution in [0.2, 0.25) is 0 Å². The Morgan fingerprint density at radius 3 is 2.28 bits per heavy atom. The van der Waals surface area contributed by atoms with Crippen LogP contribution in [0.15, 0.2) is 47.5 Å². The fourth-order valence-electron chi connectivity index (χ4n) is 4.01. The summed E-state index contributed by atoms with van der Waals surface area (Å²) in [5, 5.41) is 22.9. The smallest absolute Gasteiger partial charge is 0.303 e. The minimum Gasteiger partial charge on any atom is -0.458 e. The van der Waals surface area contributed by atoms with E-state index in [0.29, 0.717) is 0 Å². The standard InChI is InChI=1S/C22H18O7/c1-11(23)29-10-18(25)22(28)8-16-19(17(24)9-22)21(27)15-7-13-5-3-2-4-12(13)6-14(15)20(16)26/h2-7,17,24,28H,8-10H2,1H3/t17-,22-/m0/s1. The third-order valence-electron chi connectivity index (χ3n) is 5.48. The van der Waals surface area contributed by atoms with Gasteiger partial charge in [-0.1, -0.05) is 24.3 Å². The average Bonchev–Trinajstić information content (AvgIpc) is 2.68. The molecule has 2 aliphatic carbocycles. The van der Waals surface area contributed by atoms with Gasteiger partial charge in [0.2, 0.25) is 5.78 Å². The Morgan fingerprint density at radius 1 is 1.10 bits per heavy atom. The zero-order valence-electron chi connectivity index (χ0n) is 15.6. The summed E-state index contributed by atoms with van der Waals surface area (Å²) in [6, 6.07) is 10.5. The van der Waals surface area contributed by atoms with Crippen LogP contribution in [0.25, 0.3) is 10.8 Å². The maximum absolute atomic E-state index is 13.1. The second-order valence-electron chi connectivity index (χ2n) is 7.43. The van der Waals surface area contributed by atoms with Crippen molar-refractivity contribution in [2.45, 2.75) is 31.5 Å². The minimum atomic E-state index is -2.10. The van der Waals surface area contributed by atoms with E-state index in [-0.39, 0.29) is 22.3 Å². The number of benzene rings is 2. The van der Waals surface area contributed by atoms with Crippen LogP contribution in [0.4, 0.5) is 0 Å². The van der Waals surface area contributed by atoms with Crippen LogP contribution >= 0.6 is 0 Å². The van der Waals surface area contributed by atoms with Gasteiger partial charge in [0.05, 0.1) is 6.10 Å². The van der Waals surface area contributed by atoms with Gasteiger partial charge in [0.25, 0.3) is 0 Å². The lowest BCUT2D eigenvalue weighted by atomic mass is 9.69. The Bertz CT molecular complexity index is 1130. The van der Waals surface area contributed by atoms with Gasteiger partial charge in [-0.3, -0.25) is 19.2 Å². The number of hydrogen-bond donors (Lipinski definition) is 2. The van der Waals surface area contributed by atoms with Crippen LogP contribution in [0.5, 0.6) is 0 Å². The molecule has 0 amide bonds. The molecule has 0 aromatic heterocycles. The summed E-state index contributed by atoms with van der Waals surface area (Å²) in [5.74, 6) is -2.51. The molecule has 0 aliphatic heterocycles. The van der Waals surface area contributed by atoms with Gasteiger partial charge in [-0.05, 0) is 22.9 Å². The molecule has 148 valence electrons. The lowest BCUT2D eigenvalue weighted by molar-refractivity contribution is -0.154. The van der Waals surface area contributed by atoms with E-state index >= 15 is 0 Å². The largest absolute Gasteiger partial charge is 0.458 e. The van der Waals surface area contributed by atoms with Crippen LogP contribution in [0.1, 0.15) is 40.5 Å².